The van der Waals surface area contributed by atoms with Gasteiger partial charge in [-0.1, -0.05) is 12.1 Å². The molecule has 7 heteroatoms. The van der Waals surface area contributed by atoms with Crippen molar-refractivity contribution in [1.29, 1.82) is 0 Å². The van der Waals surface area contributed by atoms with E-state index in [1.165, 1.54) is 22.0 Å². The first-order valence-corrected chi connectivity index (χ1v) is 10.0. The maximum atomic E-state index is 4.37. The van der Waals surface area contributed by atoms with E-state index < -0.39 is 0 Å². The molecule has 6 nitrogen and oxygen atoms in total. The molecule has 0 bridgehead atoms. The highest BCUT2D eigenvalue weighted by atomic mass is 127. The number of aryl methyl sites for hydroxylation is 1. The number of guanidine groups is 1. The molecular formula is C21H35IN6. The lowest BCUT2D eigenvalue weighted by atomic mass is 10.1. The predicted octanol–water partition coefficient (Wildman–Crippen LogP) is 2.44. The molecule has 1 aromatic heterocycles. The molecule has 1 aliphatic rings. The zero-order valence-electron chi connectivity index (χ0n) is 17.6. The molecular weight excluding hydrogens is 463 g/mol. The Labute approximate surface area is 186 Å². The van der Waals surface area contributed by atoms with Gasteiger partial charge in [-0.25, -0.2) is 0 Å². The molecule has 1 aromatic carbocycles. The minimum atomic E-state index is 0. The molecule has 1 atom stereocenters. The van der Waals surface area contributed by atoms with Crippen LogP contribution in [-0.4, -0.2) is 80.1 Å². The summed E-state index contributed by atoms with van der Waals surface area (Å²) in [5.74, 6) is 0.881. The van der Waals surface area contributed by atoms with Crippen LogP contribution in [0.5, 0.6) is 0 Å². The quantitative estimate of drug-likeness (QED) is 0.326. The summed E-state index contributed by atoms with van der Waals surface area (Å²) in [5, 5.41) is 8.24. The second-order valence-electron chi connectivity index (χ2n) is 7.68. The van der Waals surface area contributed by atoms with Crippen LogP contribution in [0.3, 0.4) is 0 Å². The van der Waals surface area contributed by atoms with Gasteiger partial charge in [-0.2, -0.15) is 0 Å². The Hall–Kier alpha value is -1.32. The van der Waals surface area contributed by atoms with Crippen LogP contribution in [0.2, 0.25) is 0 Å². The van der Waals surface area contributed by atoms with Gasteiger partial charge < -0.3 is 20.5 Å². The fraction of sp³-hybridized carbons (Fsp3) is 0.571. The molecule has 0 saturated carbocycles. The summed E-state index contributed by atoms with van der Waals surface area (Å²) >= 11 is 0. The summed E-state index contributed by atoms with van der Waals surface area (Å²) in [6, 6.07) is 7.09. The Kier molecular flexibility index (Phi) is 9.04. The van der Waals surface area contributed by atoms with Gasteiger partial charge in [-0.05, 0) is 44.5 Å². The van der Waals surface area contributed by atoms with Crippen molar-refractivity contribution in [1.82, 2.24) is 25.4 Å². The number of H-pyrrole nitrogens is 1. The van der Waals surface area contributed by atoms with Crippen LogP contribution in [-0.2, 0) is 6.42 Å². The zero-order valence-corrected chi connectivity index (χ0v) is 19.9. The number of benzene rings is 1. The van der Waals surface area contributed by atoms with Gasteiger partial charge in [-0.3, -0.25) is 9.89 Å². The number of aromatic amines is 1. The SMILES string of the molecule is CN=C(NCCc1c[nH]c2cc(C)ccc12)NCC(C)N1CCN(C)CC1.I. The molecule has 2 heterocycles. The summed E-state index contributed by atoms with van der Waals surface area (Å²) in [4.78, 5) is 12.7. The van der Waals surface area contributed by atoms with E-state index >= 15 is 0 Å². The van der Waals surface area contributed by atoms with Crippen LogP contribution < -0.4 is 10.6 Å². The molecule has 0 amide bonds. The lowest BCUT2D eigenvalue weighted by Gasteiger charge is -2.36. The van der Waals surface area contributed by atoms with E-state index in [2.05, 4.69) is 75.7 Å². The lowest BCUT2D eigenvalue weighted by molar-refractivity contribution is 0.120. The standard InChI is InChI=1S/C21H34N6.HI/c1-16-5-6-19-18(15-24-20(19)13-16)7-8-23-21(22-3)25-14-17(2)27-11-9-26(4)10-12-27;/h5-6,13,15,17,24H,7-12,14H2,1-4H3,(H2,22,23,25);1H. The summed E-state index contributed by atoms with van der Waals surface area (Å²) in [6.45, 7) is 10.8. The van der Waals surface area contributed by atoms with Crippen LogP contribution in [0.1, 0.15) is 18.1 Å². The molecule has 156 valence electrons. The normalized spacial score (nSPS) is 17.4. The van der Waals surface area contributed by atoms with Crippen molar-refractivity contribution in [3.05, 3.63) is 35.5 Å². The van der Waals surface area contributed by atoms with Gasteiger partial charge in [0.1, 0.15) is 0 Å². The van der Waals surface area contributed by atoms with Crippen LogP contribution in [0.15, 0.2) is 29.4 Å². The van der Waals surface area contributed by atoms with Gasteiger partial charge in [-0.15, -0.1) is 24.0 Å². The van der Waals surface area contributed by atoms with E-state index in [1.54, 1.807) is 0 Å². The number of hydrogen-bond acceptors (Lipinski definition) is 3. The van der Waals surface area contributed by atoms with Crippen LogP contribution in [0.25, 0.3) is 10.9 Å². The summed E-state index contributed by atoms with van der Waals surface area (Å²) in [5.41, 5.74) is 3.85. The zero-order chi connectivity index (χ0) is 19.2. The van der Waals surface area contributed by atoms with Gasteiger partial charge in [0, 0.05) is 69.5 Å². The van der Waals surface area contributed by atoms with Crippen molar-refractivity contribution < 1.29 is 0 Å². The topological polar surface area (TPSA) is 58.7 Å². The minimum Gasteiger partial charge on any atom is -0.361 e. The average Bonchev–Trinajstić information content (AvgIpc) is 3.06. The number of hydrogen-bond donors (Lipinski definition) is 3. The first-order valence-electron chi connectivity index (χ1n) is 10.0. The number of rotatable bonds is 6. The number of nitrogens with zero attached hydrogens (tertiary/aromatic N) is 3. The Bertz CT molecular complexity index is 763. The van der Waals surface area contributed by atoms with Crippen LogP contribution in [0.4, 0.5) is 0 Å². The number of likely N-dealkylation sites (N-methyl/N-ethyl adjacent to an activating group) is 1. The van der Waals surface area contributed by atoms with Gasteiger partial charge in [0.2, 0.25) is 0 Å². The lowest BCUT2D eigenvalue weighted by Crippen LogP contribution is -2.52. The Morgan fingerprint density at radius 2 is 1.96 bits per heavy atom. The molecule has 0 aliphatic carbocycles. The smallest absolute Gasteiger partial charge is 0.191 e. The average molecular weight is 498 g/mol. The second-order valence-corrected chi connectivity index (χ2v) is 7.68. The van der Waals surface area contributed by atoms with Gasteiger partial charge >= 0.3 is 0 Å². The molecule has 0 radical (unpaired) electrons. The fourth-order valence-corrected chi connectivity index (χ4v) is 3.68. The largest absolute Gasteiger partial charge is 0.361 e. The number of fused-ring (bicyclic) bond motifs is 1. The third-order valence-corrected chi connectivity index (χ3v) is 5.56. The number of aromatic nitrogens is 1. The first kappa shape index (κ1) is 23.0. The van der Waals surface area contributed by atoms with Crippen LogP contribution in [0, 0.1) is 6.92 Å². The van der Waals surface area contributed by atoms with Crippen molar-refractivity contribution in [3.63, 3.8) is 0 Å². The molecule has 1 fully saturated rings. The monoisotopic (exact) mass is 498 g/mol. The molecule has 1 aliphatic heterocycles. The molecule has 0 spiro atoms. The number of halogens is 1. The third kappa shape index (κ3) is 6.09. The molecule has 1 unspecified atom stereocenters. The summed E-state index contributed by atoms with van der Waals surface area (Å²) < 4.78 is 0. The highest BCUT2D eigenvalue weighted by Gasteiger charge is 2.19. The predicted molar refractivity (Wildman–Crippen MR) is 130 cm³/mol. The highest BCUT2D eigenvalue weighted by molar-refractivity contribution is 14.0. The van der Waals surface area contributed by atoms with Crippen molar-refractivity contribution in [2.45, 2.75) is 26.3 Å². The van der Waals surface area contributed by atoms with E-state index in [-0.39, 0.29) is 24.0 Å². The number of piperazine rings is 1. The van der Waals surface area contributed by atoms with Crippen LogP contribution >= 0.6 is 24.0 Å². The second kappa shape index (κ2) is 11.0. The van der Waals surface area contributed by atoms with E-state index in [0.29, 0.717) is 6.04 Å². The Morgan fingerprint density at radius 1 is 1.21 bits per heavy atom. The highest BCUT2D eigenvalue weighted by Crippen LogP contribution is 2.19. The van der Waals surface area contributed by atoms with E-state index in [9.17, 15) is 0 Å². The van der Waals surface area contributed by atoms with Crippen molar-refractivity contribution in [2.24, 2.45) is 4.99 Å². The number of aliphatic imine (C=N–C) groups is 1. The molecule has 1 saturated heterocycles. The van der Waals surface area contributed by atoms with E-state index in [0.717, 1.165) is 51.6 Å². The molecule has 3 N–H and O–H groups in total. The summed E-state index contributed by atoms with van der Waals surface area (Å²) in [6.07, 6.45) is 3.09. The van der Waals surface area contributed by atoms with Gasteiger partial charge in [0.15, 0.2) is 5.96 Å². The van der Waals surface area contributed by atoms with Gasteiger partial charge in [0.05, 0.1) is 0 Å². The maximum Gasteiger partial charge on any atom is 0.191 e. The van der Waals surface area contributed by atoms with Crippen molar-refractivity contribution >= 4 is 40.8 Å². The van der Waals surface area contributed by atoms with Crippen molar-refractivity contribution in [2.75, 3.05) is 53.4 Å². The first-order chi connectivity index (χ1) is 13.1. The summed E-state index contributed by atoms with van der Waals surface area (Å²) in [7, 11) is 4.03. The van der Waals surface area contributed by atoms with E-state index in [4.69, 9.17) is 0 Å². The number of nitrogens with one attached hydrogen (secondary N) is 3. The Morgan fingerprint density at radius 3 is 2.68 bits per heavy atom. The van der Waals surface area contributed by atoms with Gasteiger partial charge in [0.25, 0.3) is 0 Å². The molecule has 2 aromatic rings. The van der Waals surface area contributed by atoms with E-state index in [1.807, 2.05) is 7.05 Å². The molecule has 28 heavy (non-hydrogen) atoms. The minimum absolute atomic E-state index is 0. The fourth-order valence-electron chi connectivity index (χ4n) is 3.68. The maximum absolute atomic E-state index is 4.37. The molecule has 3 rings (SSSR count). The van der Waals surface area contributed by atoms with Crippen molar-refractivity contribution in [3.8, 4) is 0 Å². The third-order valence-electron chi connectivity index (χ3n) is 5.56. The Balaban J connectivity index is 0.00000280.